The Morgan fingerprint density at radius 2 is 1.72 bits per heavy atom. The maximum atomic E-state index is 13.6. The summed E-state index contributed by atoms with van der Waals surface area (Å²) in [6.45, 7) is 0.296. The third-order valence-corrected chi connectivity index (χ3v) is 4.22. The molecular formula is C13H9BrCl2FN. The lowest BCUT2D eigenvalue weighted by Crippen LogP contribution is -2.03. The molecule has 0 aromatic heterocycles. The summed E-state index contributed by atoms with van der Waals surface area (Å²) in [6.07, 6.45) is 0. The van der Waals surface area contributed by atoms with Gasteiger partial charge in [0.1, 0.15) is 5.82 Å². The van der Waals surface area contributed by atoms with E-state index in [-0.39, 0.29) is 5.82 Å². The third kappa shape index (κ3) is 2.97. The van der Waals surface area contributed by atoms with Crippen LogP contribution in [0, 0.1) is 5.82 Å². The van der Waals surface area contributed by atoms with Crippen molar-refractivity contribution < 1.29 is 4.39 Å². The van der Waals surface area contributed by atoms with E-state index in [0.29, 0.717) is 22.2 Å². The maximum absolute atomic E-state index is 13.6. The third-order valence-electron chi connectivity index (χ3n) is 2.47. The fourth-order valence-electron chi connectivity index (χ4n) is 1.53. The number of benzene rings is 2. The molecule has 2 rings (SSSR count). The summed E-state index contributed by atoms with van der Waals surface area (Å²) >= 11 is 15.3. The van der Waals surface area contributed by atoms with Gasteiger partial charge in [0.25, 0.3) is 0 Å². The lowest BCUT2D eigenvalue weighted by atomic mass is 10.2. The Labute approximate surface area is 123 Å². The highest BCUT2D eigenvalue weighted by Gasteiger charge is 2.08. The van der Waals surface area contributed by atoms with Crippen LogP contribution in [0.2, 0.25) is 10.0 Å². The Kier molecular flexibility index (Phi) is 4.49. The van der Waals surface area contributed by atoms with E-state index >= 15 is 0 Å². The van der Waals surface area contributed by atoms with Gasteiger partial charge in [0.15, 0.2) is 0 Å². The predicted molar refractivity (Wildman–Crippen MR) is 77.9 cm³/mol. The minimum absolute atomic E-state index is 0.296. The van der Waals surface area contributed by atoms with Crippen molar-refractivity contribution in [2.45, 2.75) is 6.54 Å². The average Bonchev–Trinajstić information content (AvgIpc) is 2.33. The molecule has 0 aliphatic rings. The second kappa shape index (κ2) is 5.91. The monoisotopic (exact) mass is 347 g/mol. The molecule has 2 aromatic rings. The molecule has 0 atom stereocenters. The molecule has 0 saturated heterocycles. The number of rotatable bonds is 3. The second-order valence-electron chi connectivity index (χ2n) is 3.66. The van der Waals surface area contributed by atoms with Crippen LogP contribution in [0.5, 0.6) is 0 Å². The van der Waals surface area contributed by atoms with Gasteiger partial charge in [0.05, 0.1) is 15.2 Å². The smallest absolute Gasteiger partial charge is 0.129 e. The summed E-state index contributed by atoms with van der Waals surface area (Å²) in [6, 6.07) is 10.1. The van der Waals surface area contributed by atoms with Gasteiger partial charge in [0.2, 0.25) is 0 Å². The molecule has 1 nitrogen and oxygen atoms in total. The molecule has 2 aromatic carbocycles. The van der Waals surface area contributed by atoms with E-state index in [1.54, 1.807) is 18.2 Å². The Balaban J connectivity index is 2.19. The summed E-state index contributed by atoms with van der Waals surface area (Å²) in [5.41, 5.74) is 1.23. The average molecular weight is 349 g/mol. The molecule has 0 unspecified atom stereocenters. The molecule has 0 heterocycles. The van der Waals surface area contributed by atoms with Gasteiger partial charge in [-0.25, -0.2) is 4.39 Å². The van der Waals surface area contributed by atoms with E-state index in [4.69, 9.17) is 23.2 Å². The van der Waals surface area contributed by atoms with Crippen LogP contribution in [0.1, 0.15) is 5.56 Å². The minimum atomic E-state index is -0.326. The minimum Gasteiger partial charge on any atom is -0.380 e. The number of nitrogens with one attached hydrogen (secondary N) is 1. The van der Waals surface area contributed by atoms with Crippen molar-refractivity contribution in [2.75, 3.05) is 5.32 Å². The van der Waals surface area contributed by atoms with Gasteiger partial charge in [-0.1, -0.05) is 35.3 Å². The fraction of sp³-hybridized carbons (Fsp3) is 0.0769. The van der Waals surface area contributed by atoms with Crippen LogP contribution in [0.3, 0.4) is 0 Å². The van der Waals surface area contributed by atoms with Crippen molar-refractivity contribution in [1.82, 2.24) is 0 Å². The lowest BCUT2D eigenvalue weighted by molar-refractivity contribution is 0.613. The van der Waals surface area contributed by atoms with E-state index in [9.17, 15) is 4.39 Å². The molecule has 0 aliphatic heterocycles. The van der Waals surface area contributed by atoms with E-state index in [0.717, 1.165) is 10.2 Å². The number of hydrogen-bond acceptors (Lipinski definition) is 1. The van der Waals surface area contributed by atoms with Gasteiger partial charge >= 0.3 is 0 Å². The Morgan fingerprint density at radius 1 is 1.06 bits per heavy atom. The molecule has 94 valence electrons. The Bertz CT molecular complexity index is 555. The van der Waals surface area contributed by atoms with Crippen LogP contribution in [0.25, 0.3) is 0 Å². The largest absolute Gasteiger partial charge is 0.380 e. The first-order valence-electron chi connectivity index (χ1n) is 5.20. The highest BCUT2D eigenvalue weighted by atomic mass is 79.9. The van der Waals surface area contributed by atoms with Crippen LogP contribution in [0.15, 0.2) is 40.9 Å². The maximum Gasteiger partial charge on any atom is 0.129 e. The zero-order chi connectivity index (χ0) is 13.1. The molecule has 0 spiro atoms. The molecule has 0 amide bonds. The van der Waals surface area contributed by atoms with Crippen LogP contribution < -0.4 is 5.32 Å². The molecule has 0 saturated carbocycles. The Hall–Kier alpha value is -0.770. The molecular weight excluding hydrogens is 340 g/mol. The van der Waals surface area contributed by atoms with E-state index in [1.807, 2.05) is 12.1 Å². The lowest BCUT2D eigenvalue weighted by Gasteiger charge is -2.11. The molecule has 0 bridgehead atoms. The highest BCUT2D eigenvalue weighted by molar-refractivity contribution is 9.10. The summed E-state index contributed by atoms with van der Waals surface area (Å²) in [5, 5.41) is 4.10. The Morgan fingerprint density at radius 3 is 2.44 bits per heavy atom. The zero-order valence-electron chi connectivity index (χ0n) is 9.18. The van der Waals surface area contributed by atoms with Gasteiger partial charge in [-0.3, -0.25) is 0 Å². The topological polar surface area (TPSA) is 12.0 Å². The molecule has 5 heteroatoms. The van der Waals surface area contributed by atoms with E-state index < -0.39 is 0 Å². The van der Waals surface area contributed by atoms with Crippen molar-refractivity contribution in [3.63, 3.8) is 0 Å². The molecule has 1 N–H and O–H groups in total. The second-order valence-corrected chi connectivity index (χ2v) is 5.26. The SMILES string of the molecule is Fc1cccc(Cl)c1CNc1cccc(Cl)c1Br. The van der Waals surface area contributed by atoms with E-state index in [1.165, 1.54) is 6.07 Å². The first kappa shape index (κ1) is 13.7. The molecule has 0 aliphatic carbocycles. The normalized spacial score (nSPS) is 10.4. The van der Waals surface area contributed by atoms with Crippen LogP contribution in [-0.4, -0.2) is 0 Å². The van der Waals surface area contributed by atoms with Gasteiger partial charge < -0.3 is 5.32 Å². The van der Waals surface area contributed by atoms with Gasteiger partial charge in [-0.05, 0) is 40.2 Å². The van der Waals surface area contributed by atoms with Crippen LogP contribution in [0.4, 0.5) is 10.1 Å². The van der Waals surface area contributed by atoms with Crippen LogP contribution >= 0.6 is 39.1 Å². The molecule has 0 fully saturated rings. The van der Waals surface area contributed by atoms with E-state index in [2.05, 4.69) is 21.2 Å². The standard InChI is InChI=1S/C13H9BrCl2FN/c14-13-10(16)4-2-6-12(13)18-7-8-9(15)3-1-5-11(8)17/h1-6,18H,7H2. The summed E-state index contributed by atoms with van der Waals surface area (Å²) in [7, 11) is 0. The first-order valence-corrected chi connectivity index (χ1v) is 6.75. The van der Waals surface area contributed by atoms with Gasteiger partial charge in [0, 0.05) is 17.1 Å². The van der Waals surface area contributed by atoms with Crippen molar-refractivity contribution in [3.8, 4) is 0 Å². The molecule has 18 heavy (non-hydrogen) atoms. The fourth-order valence-corrected chi connectivity index (χ4v) is 2.33. The summed E-state index contributed by atoms with van der Waals surface area (Å²) in [4.78, 5) is 0. The summed E-state index contributed by atoms with van der Waals surface area (Å²) in [5.74, 6) is -0.326. The van der Waals surface area contributed by atoms with Crippen molar-refractivity contribution >= 4 is 44.8 Å². The first-order chi connectivity index (χ1) is 8.59. The van der Waals surface area contributed by atoms with Crippen molar-refractivity contribution in [3.05, 3.63) is 62.3 Å². The molecule has 0 radical (unpaired) electrons. The number of anilines is 1. The van der Waals surface area contributed by atoms with Gasteiger partial charge in [-0.2, -0.15) is 0 Å². The summed E-state index contributed by atoms with van der Waals surface area (Å²) < 4.78 is 14.3. The van der Waals surface area contributed by atoms with Crippen molar-refractivity contribution in [2.24, 2.45) is 0 Å². The highest BCUT2D eigenvalue weighted by Crippen LogP contribution is 2.31. The quantitative estimate of drug-likeness (QED) is 0.771. The van der Waals surface area contributed by atoms with Crippen LogP contribution in [-0.2, 0) is 6.54 Å². The van der Waals surface area contributed by atoms with Gasteiger partial charge in [-0.15, -0.1) is 0 Å². The van der Waals surface area contributed by atoms with Crippen molar-refractivity contribution in [1.29, 1.82) is 0 Å². The zero-order valence-corrected chi connectivity index (χ0v) is 12.3. The predicted octanol–water partition coefficient (Wildman–Crippen LogP) is 5.51. The number of halogens is 4. The number of hydrogen-bond donors (Lipinski definition) is 1.